The Kier molecular flexibility index (Phi) is 10.6. The largest absolute Gasteiger partial charge is 0.508 e. The van der Waals surface area contributed by atoms with E-state index in [1.54, 1.807) is 60.7 Å². The lowest BCUT2D eigenvalue weighted by molar-refractivity contribution is 0.221. The van der Waals surface area contributed by atoms with Crippen LogP contribution in [0.15, 0.2) is 168 Å². The third-order valence-corrected chi connectivity index (χ3v) is 13.0. The molecule has 0 saturated heterocycles. The van der Waals surface area contributed by atoms with E-state index in [1.807, 2.05) is 84.9 Å². The molecule has 0 spiro atoms. The molecule has 0 amide bonds. The highest BCUT2D eigenvalue weighted by atomic mass is 32.3. The first-order chi connectivity index (χ1) is 33.7. The molecule has 0 radical (unpaired) electrons. The number of phenols is 6. The molecule has 11 rings (SSSR count). The van der Waals surface area contributed by atoms with E-state index in [1.165, 1.54) is 30.3 Å². The van der Waals surface area contributed by atoms with Gasteiger partial charge in [-0.25, -0.2) is 0 Å². The van der Waals surface area contributed by atoms with E-state index in [-0.39, 0.29) is 40.2 Å². The normalized spacial score (nSPS) is 17.3. The first-order valence-electron chi connectivity index (χ1n) is 22.0. The summed E-state index contributed by atoms with van der Waals surface area (Å²) in [7, 11) is -4.83. The van der Waals surface area contributed by atoms with Crippen LogP contribution in [0.4, 0.5) is 0 Å². The van der Waals surface area contributed by atoms with Crippen molar-refractivity contribution in [3.8, 4) is 74.2 Å². The van der Waals surface area contributed by atoms with Crippen molar-refractivity contribution >= 4 is 33.5 Å². The number of phenolic OH excluding ortho intramolecular Hbond substituents is 6. The number of benzene rings is 8. The maximum Gasteiger partial charge on any atom is 0.446 e. The Morgan fingerprint density at radius 1 is 0.500 bits per heavy atom. The first kappa shape index (κ1) is 43.7. The monoisotopic (exact) mass is 952 g/mol. The Hall–Kier alpha value is -8.85. The molecular formula is C56H40O13S. The summed E-state index contributed by atoms with van der Waals surface area (Å²) in [6, 6.07) is 45.4. The maximum absolute atomic E-state index is 11.6. The van der Waals surface area contributed by atoms with Crippen LogP contribution in [0.2, 0.25) is 0 Å². The summed E-state index contributed by atoms with van der Waals surface area (Å²) in [6.07, 6.45) is 2.44. The van der Waals surface area contributed by atoms with Gasteiger partial charge in [-0.15, -0.1) is 0 Å². The van der Waals surface area contributed by atoms with Crippen molar-refractivity contribution < 1.29 is 61.7 Å². The van der Waals surface area contributed by atoms with Crippen LogP contribution in [0.5, 0.6) is 51.7 Å². The van der Waals surface area contributed by atoms with Gasteiger partial charge in [-0.1, -0.05) is 78.9 Å². The quantitative estimate of drug-likeness (QED) is 0.0502. The Morgan fingerprint density at radius 2 is 1.01 bits per heavy atom. The van der Waals surface area contributed by atoms with Crippen molar-refractivity contribution in [3.05, 3.63) is 208 Å². The van der Waals surface area contributed by atoms with Crippen molar-refractivity contribution in [2.24, 2.45) is 0 Å². The summed E-state index contributed by atoms with van der Waals surface area (Å²) in [5, 5.41) is 66.0. The van der Waals surface area contributed by atoms with E-state index in [2.05, 4.69) is 0 Å². The van der Waals surface area contributed by atoms with Gasteiger partial charge in [0.2, 0.25) is 0 Å². The molecule has 4 atom stereocenters. The van der Waals surface area contributed by atoms with Crippen LogP contribution >= 0.6 is 0 Å². The molecule has 2 aliphatic heterocycles. The molecule has 2 aliphatic rings. The Bertz CT molecular complexity index is 3600. The predicted octanol–water partition coefficient (Wildman–Crippen LogP) is 11.9. The smallest absolute Gasteiger partial charge is 0.446 e. The minimum atomic E-state index is -4.83. The van der Waals surface area contributed by atoms with Gasteiger partial charge in [-0.3, -0.25) is 4.55 Å². The molecule has 13 nitrogen and oxygen atoms in total. The molecule has 14 heteroatoms. The van der Waals surface area contributed by atoms with Crippen LogP contribution in [0.25, 0.3) is 45.6 Å². The summed E-state index contributed by atoms with van der Waals surface area (Å²) in [6.45, 7) is 0. The molecule has 0 fully saturated rings. The highest BCUT2D eigenvalue weighted by Gasteiger charge is 2.42. The fraction of sp³-hybridized carbons (Fsp3) is 0.0714. The Morgan fingerprint density at radius 3 is 1.57 bits per heavy atom. The number of furan rings is 1. The molecule has 70 heavy (non-hydrogen) atoms. The molecule has 0 aliphatic carbocycles. The van der Waals surface area contributed by atoms with E-state index in [0.717, 1.165) is 11.1 Å². The number of rotatable bonds is 10. The minimum absolute atomic E-state index is 0.0433. The Labute approximate surface area is 400 Å². The summed E-state index contributed by atoms with van der Waals surface area (Å²) in [5.74, 6) is -1.00. The molecule has 0 saturated carbocycles. The number of fused-ring (bicyclic) bond motifs is 3. The second-order valence-electron chi connectivity index (χ2n) is 17.2. The van der Waals surface area contributed by atoms with Gasteiger partial charge >= 0.3 is 10.4 Å². The third kappa shape index (κ3) is 8.20. The van der Waals surface area contributed by atoms with Crippen LogP contribution in [0, 0.1) is 0 Å². The molecule has 8 aromatic carbocycles. The third-order valence-electron chi connectivity index (χ3n) is 12.6. The zero-order valence-corrected chi connectivity index (χ0v) is 37.4. The first-order valence-corrected chi connectivity index (χ1v) is 23.3. The van der Waals surface area contributed by atoms with E-state index in [0.29, 0.717) is 78.3 Å². The maximum atomic E-state index is 11.6. The molecule has 348 valence electrons. The van der Waals surface area contributed by atoms with Crippen LogP contribution in [-0.4, -0.2) is 43.6 Å². The summed E-state index contributed by atoms with van der Waals surface area (Å²) in [5.41, 5.74) is 7.28. The lowest BCUT2D eigenvalue weighted by Gasteiger charge is -2.22. The molecule has 4 unspecified atom stereocenters. The van der Waals surface area contributed by atoms with E-state index < -0.39 is 34.4 Å². The van der Waals surface area contributed by atoms with Gasteiger partial charge in [0, 0.05) is 51.9 Å². The molecule has 9 aromatic rings. The highest BCUT2D eigenvalue weighted by Crippen LogP contribution is 2.58. The highest BCUT2D eigenvalue weighted by molar-refractivity contribution is 7.81. The van der Waals surface area contributed by atoms with Gasteiger partial charge in [0.1, 0.15) is 75.3 Å². The van der Waals surface area contributed by atoms with Crippen molar-refractivity contribution in [2.75, 3.05) is 0 Å². The van der Waals surface area contributed by atoms with E-state index in [4.69, 9.17) is 18.1 Å². The fourth-order valence-electron chi connectivity index (χ4n) is 9.89. The molecule has 0 bridgehead atoms. The van der Waals surface area contributed by atoms with Crippen LogP contribution in [0.3, 0.4) is 0 Å². The molecule has 1 aromatic heterocycles. The van der Waals surface area contributed by atoms with Gasteiger partial charge in [0.05, 0.1) is 11.8 Å². The van der Waals surface area contributed by atoms with Crippen molar-refractivity contribution in [3.63, 3.8) is 0 Å². The summed E-state index contributed by atoms with van der Waals surface area (Å²) < 4.78 is 57.3. The zero-order valence-electron chi connectivity index (χ0n) is 36.5. The van der Waals surface area contributed by atoms with Crippen LogP contribution in [-0.2, 0) is 10.4 Å². The lowest BCUT2D eigenvalue weighted by atomic mass is 9.80. The molecule has 3 heterocycles. The van der Waals surface area contributed by atoms with E-state index in [9.17, 15) is 43.6 Å². The number of aromatic hydroxyl groups is 6. The second-order valence-corrected chi connectivity index (χ2v) is 18.2. The average molecular weight is 953 g/mol. The minimum Gasteiger partial charge on any atom is -0.508 e. The SMILES string of the molecule is O=S(=O)(O)Oc1ccc(-c2oc3ccc(/C=C/c4cc(O)cc5c4C(c4cc(O)cc(O)c4)C(c4ccccc4)O5)cc3c2-c2cc(O)cc3c2C(c2cc(O)cc(O)c2)C(c2ccccc2)O3)cc1. The molecular weight excluding hydrogens is 913 g/mol. The topological polar surface area (TPSA) is 217 Å². The van der Waals surface area contributed by atoms with Crippen molar-refractivity contribution in [1.82, 2.24) is 0 Å². The van der Waals surface area contributed by atoms with Crippen LogP contribution in [0.1, 0.15) is 68.6 Å². The molecule has 7 N–H and O–H groups in total. The lowest BCUT2D eigenvalue weighted by Crippen LogP contribution is -2.11. The summed E-state index contributed by atoms with van der Waals surface area (Å²) in [4.78, 5) is 0. The van der Waals surface area contributed by atoms with Crippen molar-refractivity contribution in [1.29, 1.82) is 0 Å². The Balaban J connectivity index is 1.10. The fourth-order valence-corrected chi connectivity index (χ4v) is 10.2. The van der Waals surface area contributed by atoms with Crippen molar-refractivity contribution in [2.45, 2.75) is 24.0 Å². The zero-order chi connectivity index (χ0) is 48.4. The summed E-state index contributed by atoms with van der Waals surface area (Å²) >= 11 is 0. The van der Waals surface area contributed by atoms with Gasteiger partial charge < -0.3 is 48.7 Å². The van der Waals surface area contributed by atoms with Crippen LogP contribution < -0.4 is 13.7 Å². The number of hydrogen-bond acceptors (Lipinski definition) is 12. The van der Waals surface area contributed by atoms with Gasteiger partial charge in [-0.05, 0) is 112 Å². The second kappa shape index (κ2) is 17.0. The van der Waals surface area contributed by atoms with Gasteiger partial charge in [0.25, 0.3) is 0 Å². The van der Waals surface area contributed by atoms with Gasteiger partial charge in [-0.2, -0.15) is 8.42 Å². The number of hydrogen-bond donors (Lipinski definition) is 7. The number of ether oxygens (including phenoxy) is 2. The van der Waals surface area contributed by atoms with E-state index >= 15 is 0 Å². The average Bonchev–Trinajstić information content (AvgIpc) is 4.02. The predicted molar refractivity (Wildman–Crippen MR) is 261 cm³/mol. The van der Waals surface area contributed by atoms with Gasteiger partial charge in [0.15, 0.2) is 0 Å². The standard InChI is InChI=1S/C56H40O13S/c57-37-21-35(22-38(58)25-37)50-49-34(20-41(61)28-47(49)67-54(50)31-7-3-1-4-8-31)13-11-30-12-18-46-44(19-30)52(56(66-46)33-14-16-43(17-15-33)69-70(63,64)65)45-27-42(62)29-48-53(45)51(36-23-39(59)26-40(60)24-36)55(68-48)32-9-5-2-6-10-32/h1-29,50-51,54-55,57-62H,(H,63,64,65)/b13-11+.